The fourth-order valence-electron chi connectivity index (χ4n) is 1.44. The Morgan fingerprint density at radius 2 is 1.82 bits per heavy atom. The van der Waals surface area contributed by atoms with E-state index in [4.69, 9.17) is 9.39 Å². The van der Waals surface area contributed by atoms with Gasteiger partial charge in [0.2, 0.25) is 0 Å². The van der Waals surface area contributed by atoms with Crippen LogP contribution in [0.25, 0.3) is 0 Å². The number of rotatable bonds is 8. The number of aliphatic hydroxyl groups is 1. The van der Waals surface area contributed by atoms with Crippen molar-refractivity contribution in [2.24, 2.45) is 0 Å². The Morgan fingerprint density at radius 3 is 2.36 bits per heavy atom. The Labute approximate surface area is 131 Å². The summed E-state index contributed by atoms with van der Waals surface area (Å²) in [6, 6.07) is 8.96. The van der Waals surface area contributed by atoms with Crippen molar-refractivity contribution >= 4 is 13.0 Å². The zero-order valence-electron chi connectivity index (χ0n) is 13.5. The third-order valence-corrected chi connectivity index (χ3v) is 3.49. The number of para-hydroxylation sites is 1. The molecule has 7 heteroatoms. The van der Waals surface area contributed by atoms with Crippen LogP contribution in [0, 0.1) is 0 Å². The molecule has 1 rings (SSSR count). The van der Waals surface area contributed by atoms with Gasteiger partial charge in [0.25, 0.3) is 5.91 Å². The van der Waals surface area contributed by atoms with E-state index in [1.807, 2.05) is 18.2 Å². The van der Waals surface area contributed by atoms with Gasteiger partial charge in [-0.3, -0.25) is 4.79 Å². The van der Waals surface area contributed by atoms with E-state index in [2.05, 4.69) is 5.32 Å². The third kappa shape index (κ3) is 6.05. The first-order chi connectivity index (χ1) is 10.1. The van der Waals surface area contributed by atoms with E-state index in [1.54, 1.807) is 39.8 Å². The second-order valence-electron chi connectivity index (χ2n) is 6.05. The number of hydrogen-bond acceptors (Lipinski definition) is 5. The van der Waals surface area contributed by atoms with E-state index in [0.29, 0.717) is 5.75 Å². The average molecular weight is 309 g/mol. The molecule has 0 spiro atoms. The molecule has 0 saturated carbocycles. The summed E-state index contributed by atoms with van der Waals surface area (Å²) < 4.78 is 10.6. The van der Waals surface area contributed by atoms with Crippen LogP contribution < -0.4 is 10.1 Å². The first-order valence-electron chi connectivity index (χ1n) is 7.14. The third-order valence-electron chi connectivity index (χ3n) is 3.49. The summed E-state index contributed by atoms with van der Waals surface area (Å²) in [6.07, 6.45) is -0.0868. The Balaban J connectivity index is 2.32. The molecule has 0 heterocycles. The Morgan fingerprint density at radius 1 is 1.23 bits per heavy atom. The summed E-state index contributed by atoms with van der Waals surface area (Å²) >= 11 is 0. The van der Waals surface area contributed by atoms with Gasteiger partial charge in [0.05, 0.1) is 17.6 Å². The maximum absolute atomic E-state index is 11.6. The second-order valence-corrected chi connectivity index (χ2v) is 6.05. The predicted molar refractivity (Wildman–Crippen MR) is 84.4 cm³/mol. The van der Waals surface area contributed by atoms with Crippen molar-refractivity contribution < 1.29 is 24.3 Å². The van der Waals surface area contributed by atoms with Gasteiger partial charge in [-0.05, 0) is 39.8 Å². The zero-order chi connectivity index (χ0) is 16.8. The number of carbonyl (C=O) groups excluding carboxylic acids is 1. The van der Waals surface area contributed by atoms with Crippen LogP contribution >= 0.6 is 0 Å². The fourth-order valence-corrected chi connectivity index (χ4v) is 1.44. The average Bonchev–Trinajstić information content (AvgIpc) is 2.42. The predicted octanol–water partition coefficient (Wildman–Crippen LogP) is 0.767. The summed E-state index contributed by atoms with van der Waals surface area (Å²) in [5.74, 6) is 0.227. The smallest absolute Gasteiger partial charge is 0.475 e. The standard InChI is InChI=1S/C15H24BNO5/c1-14(2,19)15(3,4)22-16(20)11-17-13(18)10-21-12-8-6-5-7-9-12/h5-9,19-20H,10-11H2,1-4H3,(H,17,18). The van der Waals surface area contributed by atoms with Crippen LogP contribution in [0.15, 0.2) is 30.3 Å². The van der Waals surface area contributed by atoms with Crippen LogP contribution in [0.1, 0.15) is 27.7 Å². The van der Waals surface area contributed by atoms with Crippen molar-refractivity contribution in [3.8, 4) is 5.75 Å². The van der Waals surface area contributed by atoms with Crippen molar-refractivity contribution in [1.82, 2.24) is 5.32 Å². The van der Waals surface area contributed by atoms with Gasteiger partial charge in [-0.2, -0.15) is 0 Å². The molecular weight excluding hydrogens is 285 g/mol. The molecule has 1 aromatic rings. The van der Waals surface area contributed by atoms with Crippen molar-refractivity contribution in [1.29, 1.82) is 0 Å². The topological polar surface area (TPSA) is 88.0 Å². The Kier molecular flexibility index (Phi) is 6.40. The molecule has 1 aromatic carbocycles. The number of nitrogens with one attached hydrogen (secondary N) is 1. The highest BCUT2D eigenvalue weighted by molar-refractivity contribution is 6.43. The molecule has 0 fully saturated rings. The van der Waals surface area contributed by atoms with Crippen LogP contribution in [-0.2, 0) is 9.45 Å². The quantitative estimate of drug-likeness (QED) is 0.617. The number of hydrogen-bond donors (Lipinski definition) is 3. The van der Waals surface area contributed by atoms with Crippen LogP contribution in [-0.4, -0.2) is 47.4 Å². The molecule has 0 aromatic heterocycles. The molecular formula is C15H24BNO5. The summed E-state index contributed by atoms with van der Waals surface area (Å²) in [5, 5.41) is 22.2. The molecule has 22 heavy (non-hydrogen) atoms. The first kappa shape index (κ1) is 18.5. The Bertz CT molecular complexity index is 473. The highest BCUT2D eigenvalue weighted by Crippen LogP contribution is 2.25. The lowest BCUT2D eigenvalue weighted by Crippen LogP contribution is -2.53. The molecule has 0 atom stereocenters. The Hall–Kier alpha value is -1.57. The minimum absolute atomic E-state index is 0.0868. The number of ether oxygens (including phenoxy) is 1. The monoisotopic (exact) mass is 309 g/mol. The number of benzene rings is 1. The normalized spacial score (nSPS) is 11.9. The molecule has 3 N–H and O–H groups in total. The van der Waals surface area contributed by atoms with E-state index in [-0.39, 0.29) is 19.0 Å². The molecule has 1 amide bonds. The highest BCUT2D eigenvalue weighted by atomic mass is 16.5. The summed E-state index contributed by atoms with van der Waals surface area (Å²) in [5.41, 5.74) is -2.09. The highest BCUT2D eigenvalue weighted by Gasteiger charge is 2.38. The lowest BCUT2D eigenvalue weighted by molar-refractivity contribution is -0.123. The first-order valence-corrected chi connectivity index (χ1v) is 7.14. The van der Waals surface area contributed by atoms with Gasteiger partial charge in [0.1, 0.15) is 5.75 Å². The van der Waals surface area contributed by atoms with E-state index in [1.165, 1.54) is 0 Å². The van der Waals surface area contributed by atoms with E-state index >= 15 is 0 Å². The van der Waals surface area contributed by atoms with Crippen molar-refractivity contribution in [3.63, 3.8) is 0 Å². The summed E-state index contributed by atoms with van der Waals surface area (Å²) in [6.45, 7) is 6.36. The minimum atomic E-state index is -1.22. The van der Waals surface area contributed by atoms with Gasteiger partial charge in [-0.15, -0.1) is 0 Å². The molecule has 0 bridgehead atoms. The molecule has 0 aliphatic rings. The zero-order valence-corrected chi connectivity index (χ0v) is 13.5. The van der Waals surface area contributed by atoms with E-state index < -0.39 is 18.3 Å². The molecule has 0 unspecified atom stereocenters. The van der Waals surface area contributed by atoms with Gasteiger partial charge in [0.15, 0.2) is 6.61 Å². The van der Waals surface area contributed by atoms with Gasteiger partial charge in [-0.25, -0.2) is 0 Å². The fraction of sp³-hybridized carbons (Fsp3) is 0.533. The largest absolute Gasteiger partial charge is 0.484 e. The molecule has 122 valence electrons. The molecule has 0 radical (unpaired) electrons. The molecule has 0 saturated heterocycles. The van der Waals surface area contributed by atoms with Gasteiger partial charge in [-0.1, -0.05) is 18.2 Å². The van der Waals surface area contributed by atoms with E-state index in [0.717, 1.165) is 0 Å². The second kappa shape index (κ2) is 7.62. The van der Waals surface area contributed by atoms with Crippen LogP contribution in [0.5, 0.6) is 5.75 Å². The number of carbonyl (C=O) groups is 1. The van der Waals surface area contributed by atoms with Crippen molar-refractivity contribution in [3.05, 3.63) is 30.3 Å². The number of amides is 1. The maximum atomic E-state index is 11.6. The van der Waals surface area contributed by atoms with Gasteiger partial charge < -0.3 is 24.8 Å². The van der Waals surface area contributed by atoms with Crippen molar-refractivity contribution in [2.75, 3.05) is 13.1 Å². The summed E-state index contributed by atoms with van der Waals surface area (Å²) in [7, 11) is -1.22. The minimum Gasteiger partial charge on any atom is -0.484 e. The van der Waals surface area contributed by atoms with Crippen LogP contribution in [0.2, 0.25) is 0 Å². The summed E-state index contributed by atoms with van der Waals surface area (Å²) in [4.78, 5) is 11.6. The lowest BCUT2D eigenvalue weighted by atomic mass is 9.83. The van der Waals surface area contributed by atoms with Crippen LogP contribution in [0.4, 0.5) is 0 Å². The van der Waals surface area contributed by atoms with Gasteiger partial charge >= 0.3 is 7.12 Å². The molecule has 0 aliphatic heterocycles. The molecule has 6 nitrogen and oxygen atoms in total. The molecule has 0 aliphatic carbocycles. The lowest BCUT2D eigenvalue weighted by Gasteiger charge is -2.38. The van der Waals surface area contributed by atoms with E-state index in [9.17, 15) is 14.9 Å². The van der Waals surface area contributed by atoms with Gasteiger partial charge in [0, 0.05) is 0 Å². The van der Waals surface area contributed by atoms with Crippen LogP contribution in [0.3, 0.4) is 0 Å². The maximum Gasteiger partial charge on any atom is 0.475 e. The van der Waals surface area contributed by atoms with Crippen molar-refractivity contribution in [2.45, 2.75) is 38.9 Å². The SMILES string of the molecule is CC(C)(O)C(C)(C)OB(O)CNC(=O)COc1ccccc1.